The summed E-state index contributed by atoms with van der Waals surface area (Å²) in [4.78, 5) is 14.4. The smallest absolute Gasteiger partial charge is 0.225 e. The van der Waals surface area contributed by atoms with Crippen molar-refractivity contribution < 1.29 is 19.7 Å². The lowest BCUT2D eigenvalue weighted by molar-refractivity contribution is 0.00446. The van der Waals surface area contributed by atoms with Crippen molar-refractivity contribution in [2.24, 2.45) is 5.92 Å². The van der Waals surface area contributed by atoms with Gasteiger partial charge in [-0.2, -0.15) is 4.98 Å². The van der Waals surface area contributed by atoms with Gasteiger partial charge in [0.05, 0.1) is 39.7 Å². The number of rotatable bonds is 7. The van der Waals surface area contributed by atoms with Crippen LogP contribution in [0, 0.1) is 12.8 Å². The Morgan fingerprint density at radius 3 is 2.61 bits per heavy atom. The Labute approximate surface area is 223 Å². The van der Waals surface area contributed by atoms with E-state index in [2.05, 4.69) is 10.6 Å². The van der Waals surface area contributed by atoms with Gasteiger partial charge in [0, 0.05) is 17.9 Å². The van der Waals surface area contributed by atoms with Crippen molar-refractivity contribution in [1.29, 1.82) is 0 Å². The summed E-state index contributed by atoms with van der Waals surface area (Å²) in [6, 6.07) is 17.1. The maximum absolute atomic E-state index is 10.7. The van der Waals surface area contributed by atoms with Gasteiger partial charge in [0.25, 0.3) is 0 Å². The molecular weight excluding hydrogens is 502 g/mol. The van der Waals surface area contributed by atoms with Crippen molar-refractivity contribution in [2.45, 2.75) is 44.6 Å². The molecule has 1 saturated carbocycles. The Morgan fingerprint density at radius 2 is 1.84 bits per heavy atom. The second kappa shape index (κ2) is 9.95. The Morgan fingerprint density at radius 1 is 1.05 bits per heavy atom. The summed E-state index contributed by atoms with van der Waals surface area (Å²) in [5, 5.41) is 39.2. The van der Waals surface area contributed by atoms with Gasteiger partial charge in [-0.25, -0.2) is 9.97 Å². The van der Waals surface area contributed by atoms with E-state index in [4.69, 9.17) is 19.4 Å². The Hall–Kier alpha value is -3.57. The molecule has 38 heavy (non-hydrogen) atoms. The largest absolute Gasteiger partial charge is 0.459 e. The maximum atomic E-state index is 10.7. The van der Waals surface area contributed by atoms with Crippen LogP contribution in [0.4, 0.5) is 11.8 Å². The molecule has 2 aromatic carbocycles. The second-order valence-electron chi connectivity index (χ2n) is 9.81. The van der Waals surface area contributed by atoms with Gasteiger partial charge in [0.15, 0.2) is 0 Å². The molecule has 0 saturated heterocycles. The number of fused-ring (bicyclic) bond motifs is 2. The molecule has 5 N–H and O–H groups in total. The normalized spacial score (nSPS) is 22.2. The molecule has 3 aromatic heterocycles. The molecule has 1 fully saturated rings. The number of nitrogens with one attached hydrogen (secondary N) is 2. The first-order valence-corrected chi connectivity index (χ1v) is 13.5. The quantitative estimate of drug-likeness (QED) is 0.206. The molecule has 0 spiro atoms. The van der Waals surface area contributed by atoms with Crippen LogP contribution in [-0.4, -0.2) is 55.1 Å². The monoisotopic (exact) mass is 531 g/mol. The Balaban J connectivity index is 1.37. The number of aromatic nitrogens is 3. The van der Waals surface area contributed by atoms with Crippen LogP contribution in [0.5, 0.6) is 0 Å². The maximum Gasteiger partial charge on any atom is 0.225 e. The number of anilines is 2. The summed E-state index contributed by atoms with van der Waals surface area (Å²) < 4.78 is 7.07. The molecule has 196 valence electrons. The second-order valence-corrected chi connectivity index (χ2v) is 10.8. The minimum Gasteiger partial charge on any atom is -0.459 e. The van der Waals surface area contributed by atoms with Crippen molar-refractivity contribution in [3.8, 4) is 10.6 Å². The molecule has 5 atom stereocenters. The van der Waals surface area contributed by atoms with E-state index >= 15 is 0 Å². The summed E-state index contributed by atoms with van der Waals surface area (Å²) in [5.41, 5.74) is 3.15. The summed E-state index contributed by atoms with van der Waals surface area (Å²) in [6.45, 7) is 3.68. The van der Waals surface area contributed by atoms with E-state index in [0.29, 0.717) is 23.9 Å². The molecule has 3 heterocycles. The van der Waals surface area contributed by atoms with Gasteiger partial charge in [-0.1, -0.05) is 30.3 Å². The molecule has 0 bridgehead atoms. The third-order valence-electron chi connectivity index (χ3n) is 7.17. The van der Waals surface area contributed by atoms with Gasteiger partial charge in [-0.3, -0.25) is 0 Å². The molecule has 0 unspecified atom stereocenters. The number of hydrogen-bond donors (Lipinski definition) is 5. The zero-order chi connectivity index (χ0) is 26.4. The predicted octanol–water partition coefficient (Wildman–Crippen LogP) is 4.50. The number of furan rings is 1. The first-order chi connectivity index (χ1) is 18.4. The van der Waals surface area contributed by atoms with E-state index in [1.807, 2.05) is 68.4 Å². The number of hydrogen-bond acceptors (Lipinski definition) is 10. The van der Waals surface area contributed by atoms with E-state index in [1.165, 1.54) is 0 Å². The fourth-order valence-corrected chi connectivity index (χ4v) is 6.15. The number of nitrogens with zero attached hydrogens (tertiary/aromatic N) is 3. The van der Waals surface area contributed by atoms with E-state index in [9.17, 15) is 15.3 Å². The molecule has 9 nitrogen and oxygen atoms in total. The van der Waals surface area contributed by atoms with Gasteiger partial charge in [-0.05, 0) is 44.5 Å². The highest BCUT2D eigenvalue weighted by Crippen LogP contribution is 2.38. The predicted molar refractivity (Wildman–Crippen MR) is 148 cm³/mol. The van der Waals surface area contributed by atoms with Crippen molar-refractivity contribution in [3.05, 3.63) is 66.1 Å². The molecule has 1 aliphatic rings. The SMILES string of the molecule is Cc1nc(N[C@@H](C)c2cc3ccccc3o2)nc(N[C@@H]2C[C@H](CO)[C@@H](O)[C@H]2O)c1-c1nc2ccccc2s1. The van der Waals surface area contributed by atoms with E-state index in [0.717, 1.165) is 37.5 Å². The zero-order valence-corrected chi connectivity index (χ0v) is 21.8. The van der Waals surface area contributed by atoms with Gasteiger partial charge in [0.1, 0.15) is 28.3 Å². The lowest BCUT2D eigenvalue weighted by atomic mass is 10.1. The first-order valence-electron chi connectivity index (χ1n) is 12.6. The number of thiazole rings is 1. The molecule has 0 radical (unpaired) electrons. The Kier molecular flexibility index (Phi) is 6.48. The van der Waals surface area contributed by atoms with Crippen LogP contribution < -0.4 is 10.6 Å². The highest BCUT2D eigenvalue weighted by Gasteiger charge is 2.41. The zero-order valence-electron chi connectivity index (χ0n) is 21.0. The lowest BCUT2D eigenvalue weighted by Crippen LogP contribution is -2.35. The van der Waals surface area contributed by atoms with Crippen LogP contribution in [0.15, 0.2) is 59.0 Å². The third-order valence-corrected chi connectivity index (χ3v) is 8.23. The topological polar surface area (TPSA) is 137 Å². The summed E-state index contributed by atoms with van der Waals surface area (Å²) >= 11 is 1.54. The molecule has 0 amide bonds. The summed E-state index contributed by atoms with van der Waals surface area (Å²) in [6.07, 6.45) is -1.66. The number of para-hydroxylation sites is 2. The highest BCUT2D eigenvalue weighted by molar-refractivity contribution is 7.21. The highest BCUT2D eigenvalue weighted by atomic mass is 32.1. The summed E-state index contributed by atoms with van der Waals surface area (Å²) in [7, 11) is 0. The van der Waals surface area contributed by atoms with E-state index < -0.39 is 24.2 Å². The first kappa shape index (κ1) is 24.7. The van der Waals surface area contributed by atoms with Crippen LogP contribution in [0.3, 0.4) is 0 Å². The number of benzene rings is 2. The number of aryl methyl sites for hydroxylation is 1. The van der Waals surface area contributed by atoms with Crippen LogP contribution in [0.1, 0.15) is 30.8 Å². The molecular formula is C28H29N5O4S. The van der Waals surface area contributed by atoms with Gasteiger partial charge >= 0.3 is 0 Å². The minimum absolute atomic E-state index is 0.203. The Bertz CT molecular complexity index is 1540. The van der Waals surface area contributed by atoms with Crippen molar-refractivity contribution in [2.75, 3.05) is 17.2 Å². The molecule has 6 rings (SSSR count). The van der Waals surface area contributed by atoms with Gasteiger partial charge in [-0.15, -0.1) is 11.3 Å². The molecule has 5 aromatic rings. The van der Waals surface area contributed by atoms with Crippen molar-refractivity contribution >= 4 is 44.3 Å². The average Bonchev–Trinajstić information content (AvgIpc) is 3.60. The fourth-order valence-electron chi connectivity index (χ4n) is 5.08. The van der Waals surface area contributed by atoms with Gasteiger partial charge < -0.3 is 30.4 Å². The molecule has 0 aliphatic heterocycles. The third kappa shape index (κ3) is 4.49. The van der Waals surface area contributed by atoms with Crippen LogP contribution in [-0.2, 0) is 0 Å². The average molecular weight is 532 g/mol. The minimum atomic E-state index is -1.04. The van der Waals surface area contributed by atoms with Crippen LogP contribution in [0.25, 0.3) is 31.8 Å². The lowest BCUT2D eigenvalue weighted by Gasteiger charge is -2.22. The van der Waals surface area contributed by atoms with E-state index in [-0.39, 0.29) is 12.6 Å². The van der Waals surface area contributed by atoms with Crippen molar-refractivity contribution in [3.63, 3.8) is 0 Å². The molecule has 10 heteroatoms. The van der Waals surface area contributed by atoms with Crippen molar-refractivity contribution in [1.82, 2.24) is 15.0 Å². The van der Waals surface area contributed by atoms with E-state index in [1.54, 1.807) is 11.3 Å². The standard InChI is InChI=1S/C28H29N5O4S/c1-14(21-12-16-7-3-5-9-20(16)37-21)29-28-30-15(2)23(27-32-18-8-4-6-10-22(18)38-27)26(33-28)31-19-11-17(13-34)24(35)25(19)36/h3-10,12,14,17,19,24-25,34-36H,11,13H2,1-2H3,(H2,29,30,31,33)/t14-,17+,19+,24+,25-/m0/s1. The van der Waals surface area contributed by atoms with Crippen LogP contribution in [0.2, 0.25) is 0 Å². The fraction of sp³-hybridized carbons (Fsp3) is 0.321. The number of aliphatic hydroxyl groups excluding tert-OH is 3. The van der Waals surface area contributed by atoms with Crippen LogP contribution >= 0.6 is 11.3 Å². The molecule has 1 aliphatic carbocycles. The number of aliphatic hydroxyl groups is 3. The summed E-state index contributed by atoms with van der Waals surface area (Å²) in [5.74, 6) is 1.25. The van der Waals surface area contributed by atoms with Gasteiger partial charge in [0.2, 0.25) is 5.95 Å².